The maximum Gasteiger partial charge on any atom is 0.335 e. The van der Waals surface area contributed by atoms with Crippen molar-refractivity contribution in [2.24, 2.45) is 5.92 Å². The Labute approximate surface area is 111 Å². The van der Waals surface area contributed by atoms with Gasteiger partial charge in [0.1, 0.15) is 0 Å². The molecule has 2 rings (SSSR count). The minimum Gasteiger partial charge on any atom is -0.478 e. The average Bonchev–Trinajstić information content (AvgIpc) is 2.87. The lowest BCUT2D eigenvalue weighted by Gasteiger charge is -2.09. The maximum absolute atomic E-state index is 10.8. The molecule has 1 aromatic carbocycles. The zero-order valence-corrected chi connectivity index (χ0v) is 11.1. The number of benzene rings is 1. The first-order valence-electron chi connectivity index (χ1n) is 6.16. The predicted molar refractivity (Wildman–Crippen MR) is 69.9 cm³/mol. The van der Waals surface area contributed by atoms with Crippen molar-refractivity contribution in [3.63, 3.8) is 0 Å². The second-order valence-corrected chi connectivity index (χ2v) is 4.86. The maximum atomic E-state index is 10.8. The molecule has 5 heteroatoms. The van der Waals surface area contributed by atoms with Gasteiger partial charge in [0.05, 0.1) is 5.56 Å². The SMILES string of the molecule is CC(C)C(C)c1nnc(-c2ccc(C(=O)O)cc2)o1. The summed E-state index contributed by atoms with van der Waals surface area (Å²) >= 11 is 0. The number of carbonyl (C=O) groups is 1. The van der Waals surface area contributed by atoms with E-state index in [1.54, 1.807) is 12.1 Å². The van der Waals surface area contributed by atoms with Crippen LogP contribution >= 0.6 is 0 Å². The molecule has 1 unspecified atom stereocenters. The van der Waals surface area contributed by atoms with E-state index >= 15 is 0 Å². The van der Waals surface area contributed by atoms with Crippen LogP contribution in [0.3, 0.4) is 0 Å². The first kappa shape index (κ1) is 13.3. The molecule has 19 heavy (non-hydrogen) atoms. The van der Waals surface area contributed by atoms with Crippen molar-refractivity contribution in [2.75, 3.05) is 0 Å². The van der Waals surface area contributed by atoms with Gasteiger partial charge in [-0.2, -0.15) is 0 Å². The minimum absolute atomic E-state index is 0.194. The van der Waals surface area contributed by atoms with Crippen LogP contribution in [-0.4, -0.2) is 21.3 Å². The normalized spacial score (nSPS) is 12.6. The van der Waals surface area contributed by atoms with Gasteiger partial charge in [0.2, 0.25) is 11.8 Å². The van der Waals surface area contributed by atoms with Gasteiger partial charge in [-0.1, -0.05) is 20.8 Å². The summed E-state index contributed by atoms with van der Waals surface area (Å²) in [4.78, 5) is 10.8. The molecule has 0 bridgehead atoms. The number of hydrogen-bond acceptors (Lipinski definition) is 4. The van der Waals surface area contributed by atoms with Crippen LogP contribution in [0.25, 0.3) is 11.5 Å². The fraction of sp³-hybridized carbons (Fsp3) is 0.357. The van der Waals surface area contributed by atoms with Gasteiger partial charge >= 0.3 is 5.97 Å². The van der Waals surface area contributed by atoms with E-state index in [4.69, 9.17) is 9.52 Å². The highest BCUT2D eigenvalue weighted by atomic mass is 16.4. The molecule has 1 N–H and O–H groups in total. The number of rotatable bonds is 4. The van der Waals surface area contributed by atoms with Crippen LogP contribution in [-0.2, 0) is 0 Å². The summed E-state index contributed by atoms with van der Waals surface area (Å²) in [5.74, 6) is 0.681. The summed E-state index contributed by atoms with van der Waals surface area (Å²) in [6.07, 6.45) is 0. The van der Waals surface area contributed by atoms with E-state index in [0.717, 1.165) is 5.56 Å². The van der Waals surface area contributed by atoms with Crippen LogP contribution in [0.2, 0.25) is 0 Å². The highest BCUT2D eigenvalue weighted by Crippen LogP contribution is 2.26. The summed E-state index contributed by atoms with van der Waals surface area (Å²) in [5.41, 5.74) is 0.957. The monoisotopic (exact) mass is 260 g/mol. The molecule has 100 valence electrons. The second kappa shape index (κ2) is 5.22. The highest BCUT2D eigenvalue weighted by molar-refractivity contribution is 5.88. The van der Waals surface area contributed by atoms with Gasteiger partial charge in [-0.15, -0.1) is 10.2 Å². The molecule has 0 aliphatic carbocycles. The lowest BCUT2D eigenvalue weighted by atomic mass is 9.98. The molecule has 1 atom stereocenters. The Morgan fingerprint density at radius 3 is 2.32 bits per heavy atom. The van der Waals surface area contributed by atoms with Crippen molar-refractivity contribution in [3.8, 4) is 11.5 Å². The van der Waals surface area contributed by atoms with E-state index in [-0.39, 0.29) is 11.5 Å². The van der Waals surface area contributed by atoms with Crippen molar-refractivity contribution in [2.45, 2.75) is 26.7 Å². The summed E-state index contributed by atoms with van der Waals surface area (Å²) in [6, 6.07) is 6.38. The average molecular weight is 260 g/mol. The van der Waals surface area contributed by atoms with Crippen molar-refractivity contribution in [3.05, 3.63) is 35.7 Å². The Morgan fingerprint density at radius 1 is 1.16 bits per heavy atom. The standard InChI is InChI=1S/C14H16N2O3/c1-8(2)9(3)12-15-16-13(19-12)10-4-6-11(7-5-10)14(17)18/h4-9H,1-3H3,(H,17,18). The fourth-order valence-corrected chi connectivity index (χ4v) is 1.58. The zero-order chi connectivity index (χ0) is 14.0. The van der Waals surface area contributed by atoms with Gasteiger partial charge < -0.3 is 9.52 Å². The third-order valence-electron chi connectivity index (χ3n) is 3.21. The van der Waals surface area contributed by atoms with E-state index in [9.17, 15) is 4.79 Å². The van der Waals surface area contributed by atoms with E-state index in [1.807, 2.05) is 6.92 Å². The number of carboxylic acids is 1. The van der Waals surface area contributed by atoms with Gasteiger partial charge in [-0.25, -0.2) is 4.79 Å². The summed E-state index contributed by atoms with van der Waals surface area (Å²) in [5, 5.41) is 16.9. The highest BCUT2D eigenvalue weighted by Gasteiger charge is 2.18. The van der Waals surface area contributed by atoms with Crippen LogP contribution < -0.4 is 0 Å². The van der Waals surface area contributed by atoms with Gasteiger partial charge in [0, 0.05) is 11.5 Å². The molecule has 0 saturated heterocycles. The van der Waals surface area contributed by atoms with E-state index in [2.05, 4.69) is 24.0 Å². The molecule has 0 aliphatic rings. The van der Waals surface area contributed by atoms with Crippen molar-refractivity contribution >= 4 is 5.97 Å². The Bertz CT molecular complexity index is 573. The smallest absolute Gasteiger partial charge is 0.335 e. The van der Waals surface area contributed by atoms with E-state index in [1.165, 1.54) is 12.1 Å². The Hall–Kier alpha value is -2.17. The van der Waals surface area contributed by atoms with Crippen molar-refractivity contribution in [1.82, 2.24) is 10.2 Å². The first-order chi connectivity index (χ1) is 8.99. The Balaban J connectivity index is 2.25. The molecule has 0 fully saturated rings. The predicted octanol–water partition coefficient (Wildman–Crippen LogP) is 3.19. The molecular formula is C14H16N2O3. The topological polar surface area (TPSA) is 76.2 Å². The second-order valence-electron chi connectivity index (χ2n) is 4.86. The molecule has 1 heterocycles. The van der Waals surface area contributed by atoms with Crippen LogP contribution in [0.15, 0.2) is 28.7 Å². The third-order valence-corrected chi connectivity index (χ3v) is 3.21. The summed E-state index contributed by atoms with van der Waals surface area (Å²) in [6.45, 7) is 6.22. The number of hydrogen-bond donors (Lipinski definition) is 1. The van der Waals surface area contributed by atoms with E-state index < -0.39 is 5.97 Å². The lowest BCUT2D eigenvalue weighted by Crippen LogP contribution is -2.01. The molecule has 1 aromatic heterocycles. The van der Waals surface area contributed by atoms with Gasteiger partial charge in [-0.05, 0) is 30.2 Å². The number of aromatic carboxylic acids is 1. The Morgan fingerprint density at radius 2 is 1.79 bits per heavy atom. The molecular weight excluding hydrogens is 244 g/mol. The molecule has 0 radical (unpaired) electrons. The molecule has 0 saturated carbocycles. The first-order valence-corrected chi connectivity index (χ1v) is 6.16. The lowest BCUT2D eigenvalue weighted by molar-refractivity contribution is 0.0697. The molecule has 5 nitrogen and oxygen atoms in total. The van der Waals surface area contributed by atoms with Crippen molar-refractivity contribution in [1.29, 1.82) is 0 Å². The number of carboxylic acid groups (broad SMARTS) is 1. The zero-order valence-electron chi connectivity index (χ0n) is 11.1. The molecule has 2 aromatic rings. The Kier molecular flexibility index (Phi) is 3.64. The van der Waals surface area contributed by atoms with Crippen molar-refractivity contribution < 1.29 is 14.3 Å². The number of aromatic nitrogens is 2. The molecule has 0 aliphatic heterocycles. The van der Waals surface area contributed by atoms with Crippen LogP contribution in [0.4, 0.5) is 0 Å². The minimum atomic E-state index is -0.953. The van der Waals surface area contributed by atoms with Gasteiger partial charge in [0.15, 0.2) is 0 Å². The number of nitrogens with zero attached hydrogens (tertiary/aromatic N) is 2. The van der Waals surface area contributed by atoms with Crippen LogP contribution in [0, 0.1) is 5.92 Å². The summed E-state index contributed by atoms with van der Waals surface area (Å²) in [7, 11) is 0. The fourth-order valence-electron chi connectivity index (χ4n) is 1.58. The van der Waals surface area contributed by atoms with Crippen LogP contribution in [0.5, 0.6) is 0 Å². The molecule has 0 amide bonds. The summed E-state index contributed by atoms with van der Waals surface area (Å²) < 4.78 is 5.62. The van der Waals surface area contributed by atoms with Gasteiger partial charge in [-0.3, -0.25) is 0 Å². The molecule has 0 spiro atoms. The third kappa shape index (κ3) is 2.81. The van der Waals surface area contributed by atoms with E-state index in [0.29, 0.717) is 17.7 Å². The van der Waals surface area contributed by atoms with Crippen LogP contribution in [0.1, 0.15) is 42.9 Å². The van der Waals surface area contributed by atoms with Gasteiger partial charge in [0.25, 0.3) is 0 Å². The quantitative estimate of drug-likeness (QED) is 0.913. The largest absolute Gasteiger partial charge is 0.478 e.